The fourth-order valence-electron chi connectivity index (χ4n) is 3.24. The zero-order valence-electron chi connectivity index (χ0n) is 13.4. The van der Waals surface area contributed by atoms with Crippen molar-refractivity contribution in [2.45, 2.75) is 31.1 Å². The van der Waals surface area contributed by atoms with Gasteiger partial charge in [0.05, 0.1) is 6.54 Å². The molecule has 0 radical (unpaired) electrons. The van der Waals surface area contributed by atoms with Crippen LogP contribution in [0.15, 0.2) is 53.7 Å². The number of hydrogen-bond acceptors (Lipinski definition) is 2. The van der Waals surface area contributed by atoms with Gasteiger partial charge >= 0.3 is 0 Å². The minimum absolute atomic E-state index is 0. The van der Waals surface area contributed by atoms with Gasteiger partial charge in [-0.15, -0.1) is 24.0 Å². The van der Waals surface area contributed by atoms with Gasteiger partial charge in [0.2, 0.25) is 0 Å². The molecule has 3 N–H and O–H groups in total. The van der Waals surface area contributed by atoms with E-state index >= 15 is 0 Å². The minimum atomic E-state index is 0. The monoisotopic (exact) mass is 456 g/mol. The molecule has 1 saturated carbocycles. The first-order valence-electron chi connectivity index (χ1n) is 7.92. The average Bonchev–Trinajstić information content (AvgIpc) is 3.05. The Morgan fingerprint density at radius 2 is 1.88 bits per heavy atom. The third kappa shape index (κ3) is 4.60. The number of nitrogens with zero attached hydrogens (tertiary/aromatic N) is 2. The molecule has 0 unspecified atom stereocenters. The lowest BCUT2D eigenvalue weighted by atomic mass is 9.79. The molecule has 0 saturated heterocycles. The Kier molecular flexibility index (Phi) is 6.86. The Labute approximate surface area is 164 Å². The van der Waals surface area contributed by atoms with Gasteiger partial charge in [-0.05, 0) is 42.7 Å². The molecule has 1 aliphatic rings. The standard InChI is InChI=1S/C18H21ClN4.HI/c19-15-8-6-14(7-9-15)18(10-2-3-11-18)13-22-17(20)23-16-5-1-4-12-21-16;/h1,4-9,12H,2-3,10-11,13H2,(H3,20,21,22,23);1H. The lowest BCUT2D eigenvalue weighted by Crippen LogP contribution is -2.30. The summed E-state index contributed by atoms with van der Waals surface area (Å²) < 4.78 is 0. The first-order valence-corrected chi connectivity index (χ1v) is 8.30. The Morgan fingerprint density at radius 3 is 2.50 bits per heavy atom. The Balaban J connectivity index is 0.00000208. The van der Waals surface area contributed by atoms with Gasteiger partial charge in [0.1, 0.15) is 5.82 Å². The van der Waals surface area contributed by atoms with Gasteiger partial charge in [-0.3, -0.25) is 4.99 Å². The van der Waals surface area contributed by atoms with Crippen molar-refractivity contribution in [1.29, 1.82) is 0 Å². The number of aliphatic imine (C=N–C) groups is 1. The molecular formula is C18H22ClIN4. The number of guanidine groups is 1. The number of anilines is 1. The molecule has 24 heavy (non-hydrogen) atoms. The number of halogens is 2. The molecule has 1 aromatic heterocycles. The van der Waals surface area contributed by atoms with Crippen molar-refractivity contribution in [1.82, 2.24) is 4.98 Å². The normalized spacial score (nSPS) is 16.5. The van der Waals surface area contributed by atoms with Gasteiger partial charge in [0.25, 0.3) is 0 Å². The highest BCUT2D eigenvalue weighted by Gasteiger charge is 2.35. The van der Waals surface area contributed by atoms with E-state index in [0.717, 1.165) is 17.9 Å². The highest BCUT2D eigenvalue weighted by Crippen LogP contribution is 2.41. The molecule has 2 aromatic rings. The summed E-state index contributed by atoms with van der Waals surface area (Å²) in [5, 5.41) is 3.80. The first kappa shape index (κ1) is 19.0. The molecule has 0 amide bonds. The van der Waals surface area contributed by atoms with Gasteiger partial charge in [0.15, 0.2) is 5.96 Å². The van der Waals surface area contributed by atoms with E-state index in [1.807, 2.05) is 30.3 Å². The highest BCUT2D eigenvalue weighted by molar-refractivity contribution is 14.0. The summed E-state index contributed by atoms with van der Waals surface area (Å²) in [7, 11) is 0. The lowest BCUT2D eigenvalue weighted by molar-refractivity contribution is 0.454. The molecule has 128 valence electrons. The van der Waals surface area contributed by atoms with Gasteiger partial charge < -0.3 is 11.1 Å². The first-order chi connectivity index (χ1) is 11.2. The van der Waals surface area contributed by atoms with Crippen molar-refractivity contribution in [3.05, 3.63) is 59.2 Å². The van der Waals surface area contributed by atoms with Gasteiger partial charge in [-0.1, -0.05) is 42.6 Å². The zero-order valence-corrected chi connectivity index (χ0v) is 16.5. The molecule has 3 rings (SSSR count). The van der Waals surface area contributed by atoms with Crippen LogP contribution >= 0.6 is 35.6 Å². The number of nitrogens with two attached hydrogens (primary N) is 1. The van der Waals surface area contributed by atoms with Gasteiger partial charge in [0, 0.05) is 16.6 Å². The number of rotatable bonds is 4. The number of nitrogens with one attached hydrogen (secondary N) is 1. The molecule has 1 aliphatic carbocycles. The van der Waals surface area contributed by atoms with E-state index < -0.39 is 0 Å². The largest absolute Gasteiger partial charge is 0.370 e. The SMILES string of the molecule is I.NC(=NCC1(c2ccc(Cl)cc2)CCCC1)Nc1ccccn1. The Bertz CT molecular complexity index is 667. The fraction of sp³-hybridized carbons (Fsp3) is 0.333. The van der Waals surface area contributed by atoms with Crippen LogP contribution in [0.25, 0.3) is 0 Å². The van der Waals surface area contributed by atoms with Crippen molar-refractivity contribution in [2.24, 2.45) is 10.7 Å². The smallest absolute Gasteiger partial charge is 0.194 e. The maximum Gasteiger partial charge on any atom is 0.194 e. The summed E-state index contributed by atoms with van der Waals surface area (Å²) in [6.45, 7) is 0.681. The number of hydrogen-bond donors (Lipinski definition) is 2. The van der Waals surface area contributed by atoms with Crippen molar-refractivity contribution in [2.75, 3.05) is 11.9 Å². The number of benzene rings is 1. The number of aromatic nitrogens is 1. The van der Waals surface area contributed by atoms with E-state index in [4.69, 9.17) is 17.3 Å². The summed E-state index contributed by atoms with van der Waals surface area (Å²) >= 11 is 6.02. The third-order valence-electron chi connectivity index (χ3n) is 4.49. The van der Waals surface area contributed by atoms with Crippen LogP contribution < -0.4 is 11.1 Å². The molecule has 0 spiro atoms. The molecule has 0 aliphatic heterocycles. The van der Waals surface area contributed by atoms with Gasteiger partial charge in [-0.2, -0.15) is 0 Å². The van der Waals surface area contributed by atoms with Crippen LogP contribution in [0.4, 0.5) is 5.82 Å². The maximum absolute atomic E-state index is 6.02. The molecule has 1 fully saturated rings. The molecule has 0 bridgehead atoms. The van der Waals surface area contributed by atoms with Crippen molar-refractivity contribution in [3.8, 4) is 0 Å². The number of pyridine rings is 1. The maximum atomic E-state index is 6.02. The molecule has 1 heterocycles. The van der Waals surface area contributed by atoms with E-state index in [1.165, 1.54) is 18.4 Å². The summed E-state index contributed by atoms with van der Waals surface area (Å²) in [6.07, 6.45) is 6.45. The second-order valence-corrected chi connectivity index (χ2v) is 6.47. The molecular weight excluding hydrogens is 435 g/mol. The summed E-state index contributed by atoms with van der Waals surface area (Å²) in [4.78, 5) is 8.78. The summed E-state index contributed by atoms with van der Waals surface area (Å²) in [6, 6.07) is 13.8. The van der Waals surface area contributed by atoms with Crippen LogP contribution in [0, 0.1) is 0 Å². The van der Waals surface area contributed by atoms with E-state index in [-0.39, 0.29) is 29.4 Å². The fourth-order valence-corrected chi connectivity index (χ4v) is 3.36. The van der Waals surface area contributed by atoms with Crippen molar-refractivity contribution < 1.29 is 0 Å². The molecule has 0 atom stereocenters. The zero-order chi connectivity index (χ0) is 16.1. The quantitative estimate of drug-likeness (QED) is 0.402. The van der Waals surface area contributed by atoms with E-state index in [0.29, 0.717) is 18.3 Å². The van der Waals surface area contributed by atoms with Gasteiger partial charge in [-0.25, -0.2) is 4.98 Å². The second kappa shape index (κ2) is 8.67. The third-order valence-corrected chi connectivity index (χ3v) is 4.74. The van der Waals surface area contributed by atoms with Crippen LogP contribution in [0.3, 0.4) is 0 Å². The van der Waals surface area contributed by atoms with E-state index in [1.54, 1.807) is 6.20 Å². The van der Waals surface area contributed by atoms with Crippen LogP contribution in [0.5, 0.6) is 0 Å². The lowest BCUT2D eigenvalue weighted by Gasteiger charge is -2.28. The van der Waals surface area contributed by atoms with Crippen LogP contribution in [0.2, 0.25) is 5.02 Å². The van der Waals surface area contributed by atoms with Crippen LogP contribution in [0.1, 0.15) is 31.2 Å². The van der Waals surface area contributed by atoms with E-state index in [2.05, 4.69) is 27.4 Å². The summed E-state index contributed by atoms with van der Waals surface area (Å²) in [5.41, 5.74) is 7.39. The second-order valence-electron chi connectivity index (χ2n) is 6.04. The minimum Gasteiger partial charge on any atom is -0.370 e. The van der Waals surface area contributed by atoms with Crippen molar-refractivity contribution in [3.63, 3.8) is 0 Å². The predicted molar refractivity (Wildman–Crippen MR) is 111 cm³/mol. The van der Waals surface area contributed by atoms with Crippen LogP contribution in [-0.4, -0.2) is 17.5 Å². The predicted octanol–water partition coefficient (Wildman–Crippen LogP) is 4.59. The topological polar surface area (TPSA) is 63.3 Å². The molecule has 6 heteroatoms. The Hall–Kier alpha value is -1.34. The summed E-state index contributed by atoms with van der Waals surface area (Å²) in [5.74, 6) is 1.12. The van der Waals surface area contributed by atoms with Crippen molar-refractivity contribution >= 4 is 47.4 Å². The Morgan fingerprint density at radius 1 is 1.17 bits per heavy atom. The highest BCUT2D eigenvalue weighted by atomic mass is 127. The average molecular weight is 457 g/mol. The molecule has 4 nitrogen and oxygen atoms in total. The van der Waals surface area contributed by atoms with E-state index in [9.17, 15) is 0 Å². The van der Waals surface area contributed by atoms with Crippen LogP contribution in [-0.2, 0) is 5.41 Å². The molecule has 1 aromatic carbocycles.